The number of fused-ring (bicyclic) bond motifs is 1. The molecule has 1 aliphatic heterocycles. The van der Waals surface area contributed by atoms with Gasteiger partial charge >= 0.3 is 0 Å². The average molecular weight is 298 g/mol. The fourth-order valence-electron chi connectivity index (χ4n) is 3.56. The lowest BCUT2D eigenvalue weighted by atomic mass is 9.96. The Labute approximate surface area is 133 Å². The number of hydrogen-bond donors (Lipinski definition) is 0. The van der Waals surface area contributed by atoms with Gasteiger partial charge in [-0.3, -0.25) is 9.58 Å². The molecule has 0 saturated carbocycles. The van der Waals surface area contributed by atoms with Crippen molar-refractivity contribution < 1.29 is 0 Å². The van der Waals surface area contributed by atoms with Gasteiger partial charge in [-0.15, -0.1) is 6.58 Å². The molecule has 4 heteroatoms. The third-order valence-corrected chi connectivity index (χ3v) is 4.56. The number of rotatable bonds is 5. The molecule has 0 N–H and O–H groups in total. The van der Waals surface area contributed by atoms with E-state index in [4.69, 9.17) is 0 Å². The van der Waals surface area contributed by atoms with Crippen LogP contribution in [0.5, 0.6) is 0 Å². The zero-order valence-corrected chi connectivity index (χ0v) is 13.9. The van der Waals surface area contributed by atoms with E-state index in [1.54, 1.807) is 0 Å². The number of aromatic nitrogens is 3. The molecule has 4 nitrogen and oxygen atoms in total. The van der Waals surface area contributed by atoms with E-state index in [1.807, 2.05) is 10.8 Å². The molecule has 0 radical (unpaired) electrons. The molecule has 1 atom stereocenters. The summed E-state index contributed by atoms with van der Waals surface area (Å²) in [5.41, 5.74) is 3.90. The van der Waals surface area contributed by atoms with Gasteiger partial charge in [-0.2, -0.15) is 5.10 Å². The van der Waals surface area contributed by atoms with Gasteiger partial charge in [-0.05, 0) is 25.0 Å². The molecule has 0 aromatic carbocycles. The Morgan fingerprint density at radius 1 is 1.41 bits per heavy atom. The minimum Gasteiger partial charge on any atom is -0.349 e. The predicted octanol–water partition coefficient (Wildman–Crippen LogP) is 3.39. The van der Waals surface area contributed by atoms with Crippen LogP contribution in [-0.2, 0) is 19.6 Å². The summed E-state index contributed by atoms with van der Waals surface area (Å²) in [6, 6.07) is 4.91. The molecule has 0 unspecified atom stereocenters. The van der Waals surface area contributed by atoms with Crippen molar-refractivity contribution in [3.8, 4) is 0 Å². The molecule has 0 fully saturated rings. The zero-order valence-electron chi connectivity index (χ0n) is 13.9. The first-order chi connectivity index (χ1) is 10.6. The average Bonchev–Trinajstić information content (AvgIpc) is 3.06. The second-order valence-electron chi connectivity index (χ2n) is 6.54. The van der Waals surface area contributed by atoms with E-state index < -0.39 is 0 Å². The van der Waals surface area contributed by atoms with Crippen LogP contribution in [0, 0.1) is 12.8 Å². The first-order valence-electron chi connectivity index (χ1n) is 8.13. The molecule has 3 heterocycles. The van der Waals surface area contributed by atoms with Crippen molar-refractivity contribution in [1.29, 1.82) is 0 Å². The highest BCUT2D eigenvalue weighted by Crippen LogP contribution is 2.33. The zero-order chi connectivity index (χ0) is 15.7. The second-order valence-corrected chi connectivity index (χ2v) is 6.54. The number of nitrogens with zero attached hydrogens (tertiary/aromatic N) is 4. The van der Waals surface area contributed by atoms with E-state index in [1.165, 1.54) is 11.3 Å². The maximum atomic E-state index is 4.58. The lowest BCUT2D eigenvalue weighted by Crippen LogP contribution is -2.39. The first-order valence-corrected chi connectivity index (χ1v) is 8.13. The molecule has 3 rings (SSSR count). The Balaban J connectivity index is 1.84. The molecule has 0 spiro atoms. The summed E-state index contributed by atoms with van der Waals surface area (Å²) in [7, 11) is 0. The Morgan fingerprint density at radius 2 is 2.23 bits per heavy atom. The first kappa shape index (κ1) is 15.1. The largest absolute Gasteiger partial charge is 0.349 e. The SMILES string of the molecule is C=CCn1cc(CN2CCn3cccc3[C@H]2C(C)C)c(C)n1. The second kappa shape index (κ2) is 6.13. The molecular formula is C18H26N4. The summed E-state index contributed by atoms with van der Waals surface area (Å²) in [5, 5.41) is 4.58. The van der Waals surface area contributed by atoms with Crippen LogP contribution in [0.1, 0.15) is 36.8 Å². The summed E-state index contributed by atoms with van der Waals surface area (Å²) in [6.45, 7) is 14.4. The summed E-state index contributed by atoms with van der Waals surface area (Å²) in [6.07, 6.45) is 6.26. The molecule has 2 aromatic heterocycles. The monoisotopic (exact) mass is 298 g/mol. The van der Waals surface area contributed by atoms with E-state index >= 15 is 0 Å². The fourth-order valence-corrected chi connectivity index (χ4v) is 3.56. The number of aryl methyl sites for hydroxylation is 1. The Kier molecular flexibility index (Phi) is 4.21. The van der Waals surface area contributed by atoms with Crippen LogP contribution in [0.4, 0.5) is 0 Å². The van der Waals surface area contributed by atoms with E-state index in [-0.39, 0.29) is 0 Å². The summed E-state index contributed by atoms with van der Waals surface area (Å²) >= 11 is 0. The van der Waals surface area contributed by atoms with Crippen molar-refractivity contribution in [2.75, 3.05) is 6.54 Å². The van der Waals surface area contributed by atoms with Crippen molar-refractivity contribution in [2.24, 2.45) is 5.92 Å². The topological polar surface area (TPSA) is 26.0 Å². The molecule has 118 valence electrons. The van der Waals surface area contributed by atoms with Gasteiger partial charge in [0.1, 0.15) is 0 Å². The predicted molar refractivity (Wildman–Crippen MR) is 89.6 cm³/mol. The van der Waals surface area contributed by atoms with Gasteiger partial charge in [-0.25, -0.2) is 0 Å². The van der Waals surface area contributed by atoms with Crippen molar-refractivity contribution in [3.05, 3.63) is 54.1 Å². The lowest BCUT2D eigenvalue weighted by Gasteiger charge is -2.39. The normalized spacial score (nSPS) is 18.6. The Bertz CT molecular complexity index is 650. The van der Waals surface area contributed by atoms with E-state index in [0.717, 1.165) is 31.9 Å². The standard InChI is InChI=1S/C18H26N4/c1-5-8-22-13-16(15(4)19-22)12-21-11-10-20-9-6-7-17(20)18(21)14(2)3/h5-7,9,13-14,18H,1,8,10-12H2,2-4H3/t18-/m1/s1. The van der Waals surface area contributed by atoms with E-state index in [0.29, 0.717) is 12.0 Å². The van der Waals surface area contributed by atoms with Crippen LogP contribution < -0.4 is 0 Å². The van der Waals surface area contributed by atoms with Crippen molar-refractivity contribution in [1.82, 2.24) is 19.2 Å². The van der Waals surface area contributed by atoms with Gasteiger partial charge in [0.05, 0.1) is 18.3 Å². The third kappa shape index (κ3) is 2.75. The highest BCUT2D eigenvalue weighted by Gasteiger charge is 2.30. The van der Waals surface area contributed by atoms with E-state index in [9.17, 15) is 0 Å². The minimum absolute atomic E-state index is 0.478. The summed E-state index contributed by atoms with van der Waals surface area (Å²) < 4.78 is 4.38. The molecular weight excluding hydrogens is 272 g/mol. The van der Waals surface area contributed by atoms with Crippen molar-refractivity contribution in [3.63, 3.8) is 0 Å². The maximum absolute atomic E-state index is 4.58. The summed E-state index contributed by atoms with van der Waals surface area (Å²) in [5.74, 6) is 0.595. The van der Waals surface area contributed by atoms with Crippen LogP contribution in [0.25, 0.3) is 0 Å². The molecule has 0 amide bonds. The molecule has 2 aromatic rings. The van der Waals surface area contributed by atoms with Crippen LogP contribution in [-0.4, -0.2) is 25.8 Å². The van der Waals surface area contributed by atoms with E-state index in [2.05, 4.69) is 66.4 Å². The van der Waals surface area contributed by atoms with Gasteiger partial charge in [0.15, 0.2) is 0 Å². The van der Waals surface area contributed by atoms with Gasteiger partial charge in [0, 0.05) is 43.3 Å². The van der Waals surface area contributed by atoms with Crippen molar-refractivity contribution in [2.45, 2.75) is 46.4 Å². The molecule has 0 aliphatic carbocycles. The minimum atomic E-state index is 0.478. The van der Waals surface area contributed by atoms with Gasteiger partial charge in [0.2, 0.25) is 0 Å². The smallest absolute Gasteiger partial charge is 0.0638 e. The van der Waals surface area contributed by atoms with Crippen LogP contribution in [0.3, 0.4) is 0 Å². The molecule has 0 bridgehead atoms. The molecule has 1 aliphatic rings. The van der Waals surface area contributed by atoms with Gasteiger partial charge in [0.25, 0.3) is 0 Å². The Hall–Kier alpha value is -1.81. The Morgan fingerprint density at radius 3 is 2.95 bits per heavy atom. The quantitative estimate of drug-likeness (QED) is 0.791. The van der Waals surface area contributed by atoms with Crippen LogP contribution >= 0.6 is 0 Å². The summed E-state index contributed by atoms with van der Waals surface area (Å²) in [4.78, 5) is 2.60. The molecule has 0 saturated heterocycles. The molecule has 22 heavy (non-hydrogen) atoms. The lowest BCUT2D eigenvalue weighted by molar-refractivity contribution is 0.111. The highest BCUT2D eigenvalue weighted by atomic mass is 15.3. The third-order valence-electron chi connectivity index (χ3n) is 4.56. The maximum Gasteiger partial charge on any atom is 0.0638 e. The number of hydrogen-bond acceptors (Lipinski definition) is 2. The van der Waals surface area contributed by atoms with Gasteiger partial charge in [-0.1, -0.05) is 19.9 Å². The van der Waals surface area contributed by atoms with Crippen LogP contribution in [0.15, 0.2) is 37.2 Å². The number of allylic oxidation sites excluding steroid dienone is 1. The van der Waals surface area contributed by atoms with Crippen molar-refractivity contribution >= 4 is 0 Å². The highest BCUT2D eigenvalue weighted by molar-refractivity contribution is 5.19. The fraction of sp³-hybridized carbons (Fsp3) is 0.500. The van der Waals surface area contributed by atoms with Gasteiger partial charge < -0.3 is 4.57 Å². The van der Waals surface area contributed by atoms with Crippen LogP contribution in [0.2, 0.25) is 0 Å².